The van der Waals surface area contributed by atoms with Crippen molar-refractivity contribution in [3.63, 3.8) is 0 Å². The number of hydrogen-bond acceptors (Lipinski definition) is 3. The van der Waals surface area contributed by atoms with Crippen LogP contribution in [-0.2, 0) is 0 Å². The molecule has 0 aromatic carbocycles. The van der Waals surface area contributed by atoms with Gasteiger partial charge in [0.15, 0.2) is 0 Å². The van der Waals surface area contributed by atoms with Gasteiger partial charge in [-0.2, -0.15) is 0 Å². The van der Waals surface area contributed by atoms with E-state index in [1.807, 2.05) is 0 Å². The second-order valence-electron chi connectivity index (χ2n) is 4.80. The first-order valence-electron chi connectivity index (χ1n) is 5.90. The summed E-state index contributed by atoms with van der Waals surface area (Å²) >= 11 is 0. The Hall–Kier alpha value is -0.120. The molecule has 82 valence electrons. The van der Waals surface area contributed by atoms with Crippen molar-refractivity contribution in [1.29, 1.82) is 0 Å². The van der Waals surface area contributed by atoms with Gasteiger partial charge in [-0.25, -0.2) is 0 Å². The van der Waals surface area contributed by atoms with Crippen LogP contribution in [-0.4, -0.2) is 62.2 Å². The smallest absolute Gasteiger partial charge is 0.0373 e. The summed E-state index contributed by atoms with van der Waals surface area (Å²) in [7, 11) is 4.56. The summed E-state index contributed by atoms with van der Waals surface area (Å²) in [4.78, 5) is 5.08. The third-order valence-corrected chi connectivity index (χ3v) is 3.83. The highest BCUT2D eigenvalue weighted by Crippen LogP contribution is 2.21. The Morgan fingerprint density at radius 2 is 1.79 bits per heavy atom. The largest absolute Gasteiger partial charge is 0.314 e. The SMILES string of the molecule is CN1CCCCC1C1CNCCN1C. The molecule has 0 aliphatic carbocycles. The molecule has 3 nitrogen and oxygen atoms in total. The van der Waals surface area contributed by atoms with E-state index in [0.717, 1.165) is 18.6 Å². The van der Waals surface area contributed by atoms with E-state index in [1.165, 1.54) is 38.9 Å². The maximum absolute atomic E-state index is 3.51. The predicted molar refractivity (Wildman–Crippen MR) is 59.6 cm³/mol. The second-order valence-corrected chi connectivity index (χ2v) is 4.80. The average Bonchev–Trinajstić information content (AvgIpc) is 2.20. The number of likely N-dealkylation sites (tertiary alicyclic amines) is 1. The second kappa shape index (κ2) is 4.60. The van der Waals surface area contributed by atoms with Crippen LogP contribution in [0.4, 0.5) is 0 Å². The highest BCUT2D eigenvalue weighted by atomic mass is 15.3. The topological polar surface area (TPSA) is 18.5 Å². The van der Waals surface area contributed by atoms with E-state index in [0.29, 0.717) is 0 Å². The molecular weight excluding hydrogens is 174 g/mol. The van der Waals surface area contributed by atoms with Crippen LogP contribution in [0.5, 0.6) is 0 Å². The maximum Gasteiger partial charge on any atom is 0.0373 e. The van der Waals surface area contributed by atoms with Crippen molar-refractivity contribution < 1.29 is 0 Å². The molecule has 1 N–H and O–H groups in total. The lowest BCUT2D eigenvalue weighted by Gasteiger charge is -2.44. The molecule has 2 rings (SSSR count). The van der Waals surface area contributed by atoms with E-state index >= 15 is 0 Å². The number of nitrogens with one attached hydrogen (secondary N) is 1. The Morgan fingerprint density at radius 1 is 1.00 bits per heavy atom. The van der Waals surface area contributed by atoms with Gasteiger partial charge in [0.25, 0.3) is 0 Å². The maximum atomic E-state index is 3.51. The summed E-state index contributed by atoms with van der Waals surface area (Å²) < 4.78 is 0. The van der Waals surface area contributed by atoms with Crippen molar-refractivity contribution in [2.24, 2.45) is 0 Å². The molecule has 0 radical (unpaired) electrons. The molecule has 0 bridgehead atoms. The highest BCUT2D eigenvalue weighted by molar-refractivity contribution is 4.90. The van der Waals surface area contributed by atoms with E-state index in [-0.39, 0.29) is 0 Å². The Kier molecular flexibility index (Phi) is 3.42. The summed E-state index contributed by atoms with van der Waals surface area (Å²) in [5.41, 5.74) is 0. The lowest BCUT2D eigenvalue weighted by atomic mass is 9.94. The molecule has 3 heteroatoms. The van der Waals surface area contributed by atoms with Crippen molar-refractivity contribution in [2.45, 2.75) is 31.3 Å². The quantitative estimate of drug-likeness (QED) is 0.655. The summed E-state index contributed by atoms with van der Waals surface area (Å²) in [6.45, 7) is 4.82. The Labute approximate surface area is 87.4 Å². The Morgan fingerprint density at radius 3 is 2.50 bits per heavy atom. The lowest BCUT2D eigenvalue weighted by Crippen LogP contribution is -2.59. The van der Waals surface area contributed by atoms with Gasteiger partial charge in [-0.3, -0.25) is 4.90 Å². The third kappa shape index (κ3) is 2.10. The summed E-state index contributed by atoms with van der Waals surface area (Å²) in [5, 5.41) is 3.51. The molecule has 2 unspecified atom stereocenters. The molecule has 2 fully saturated rings. The van der Waals surface area contributed by atoms with Crippen LogP contribution in [0, 0.1) is 0 Å². The van der Waals surface area contributed by atoms with Crippen molar-refractivity contribution in [1.82, 2.24) is 15.1 Å². The fraction of sp³-hybridized carbons (Fsp3) is 1.00. The van der Waals surface area contributed by atoms with E-state index in [2.05, 4.69) is 29.2 Å². The monoisotopic (exact) mass is 197 g/mol. The first kappa shape index (κ1) is 10.4. The fourth-order valence-corrected chi connectivity index (χ4v) is 2.84. The zero-order valence-electron chi connectivity index (χ0n) is 9.50. The van der Waals surface area contributed by atoms with Gasteiger partial charge in [-0.05, 0) is 33.5 Å². The molecule has 0 aromatic heterocycles. The minimum absolute atomic E-state index is 0.731. The molecule has 0 amide bonds. The molecule has 2 aliphatic rings. The molecule has 0 saturated carbocycles. The molecule has 2 saturated heterocycles. The van der Waals surface area contributed by atoms with Crippen LogP contribution in [0.2, 0.25) is 0 Å². The van der Waals surface area contributed by atoms with Crippen LogP contribution < -0.4 is 5.32 Å². The number of piperidine rings is 1. The molecule has 14 heavy (non-hydrogen) atoms. The summed E-state index contributed by atoms with van der Waals surface area (Å²) in [6.07, 6.45) is 4.18. The van der Waals surface area contributed by atoms with E-state index < -0.39 is 0 Å². The van der Waals surface area contributed by atoms with Crippen molar-refractivity contribution in [3.05, 3.63) is 0 Å². The normalized spacial score (nSPS) is 37.3. The van der Waals surface area contributed by atoms with Gasteiger partial charge in [-0.15, -0.1) is 0 Å². The van der Waals surface area contributed by atoms with Crippen LogP contribution in [0.1, 0.15) is 19.3 Å². The van der Waals surface area contributed by atoms with Crippen molar-refractivity contribution >= 4 is 0 Å². The van der Waals surface area contributed by atoms with Crippen molar-refractivity contribution in [3.8, 4) is 0 Å². The first-order chi connectivity index (χ1) is 6.79. The number of likely N-dealkylation sites (N-methyl/N-ethyl adjacent to an activating group) is 2. The standard InChI is InChI=1S/C11H23N3/c1-13-7-4-3-5-10(13)11-9-12-6-8-14(11)2/h10-12H,3-9H2,1-2H3. The number of nitrogens with zero attached hydrogens (tertiary/aromatic N) is 2. The van der Waals surface area contributed by atoms with Crippen molar-refractivity contribution in [2.75, 3.05) is 40.3 Å². The van der Waals surface area contributed by atoms with E-state index in [4.69, 9.17) is 0 Å². The number of rotatable bonds is 1. The molecular formula is C11H23N3. The Bertz CT molecular complexity index is 163. The van der Waals surface area contributed by atoms with E-state index in [1.54, 1.807) is 0 Å². The van der Waals surface area contributed by atoms with Crippen LogP contribution in [0.3, 0.4) is 0 Å². The summed E-state index contributed by atoms with van der Waals surface area (Å²) in [6, 6.07) is 1.51. The Balaban J connectivity index is 1.96. The summed E-state index contributed by atoms with van der Waals surface area (Å²) in [5.74, 6) is 0. The minimum Gasteiger partial charge on any atom is -0.314 e. The average molecular weight is 197 g/mol. The lowest BCUT2D eigenvalue weighted by molar-refractivity contribution is 0.0689. The van der Waals surface area contributed by atoms with Gasteiger partial charge < -0.3 is 10.2 Å². The van der Waals surface area contributed by atoms with Crippen LogP contribution in [0.25, 0.3) is 0 Å². The van der Waals surface area contributed by atoms with Gasteiger partial charge in [0.1, 0.15) is 0 Å². The molecule has 2 aliphatic heterocycles. The van der Waals surface area contributed by atoms with Gasteiger partial charge in [0.2, 0.25) is 0 Å². The van der Waals surface area contributed by atoms with E-state index in [9.17, 15) is 0 Å². The zero-order valence-corrected chi connectivity index (χ0v) is 9.50. The zero-order chi connectivity index (χ0) is 9.97. The fourth-order valence-electron chi connectivity index (χ4n) is 2.84. The first-order valence-corrected chi connectivity index (χ1v) is 5.90. The van der Waals surface area contributed by atoms with Gasteiger partial charge >= 0.3 is 0 Å². The molecule has 2 atom stereocenters. The highest BCUT2D eigenvalue weighted by Gasteiger charge is 2.31. The molecule has 0 spiro atoms. The van der Waals surface area contributed by atoms with Crippen LogP contribution in [0.15, 0.2) is 0 Å². The molecule has 2 heterocycles. The van der Waals surface area contributed by atoms with Crippen LogP contribution >= 0.6 is 0 Å². The third-order valence-electron chi connectivity index (χ3n) is 3.83. The number of piperazine rings is 1. The predicted octanol–water partition coefficient (Wildman–Crippen LogP) is 0.374. The van der Waals surface area contributed by atoms with Gasteiger partial charge in [0, 0.05) is 31.7 Å². The van der Waals surface area contributed by atoms with Gasteiger partial charge in [0.05, 0.1) is 0 Å². The number of hydrogen-bond donors (Lipinski definition) is 1. The van der Waals surface area contributed by atoms with Gasteiger partial charge in [-0.1, -0.05) is 6.42 Å². The molecule has 0 aromatic rings. The minimum atomic E-state index is 0.731.